The molecular weight excluding hydrogens is 378 g/mol. The van der Waals surface area contributed by atoms with Gasteiger partial charge in [0.15, 0.2) is 0 Å². The third-order valence-corrected chi connectivity index (χ3v) is 6.21. The second kappa shape index (κ2) is 9.15. The summed E-state index contributed by atoms with van der Waals surface area (Å²) in [7, 11) is 1.87. The second-order valence-electron chi connectivity index (χ2n) is 8.11. The molecule has 0 bridgehead atoms. The number of carbonyl (C=O) groups is 2. The quantitative estimate of drug-likeness (QED) is 0.770. The van der Waals surface area contributed by atoms with Crippen LogP contribution in [0.2, 0.25) is 0 Å². The molecule has 2 aliphatic heterocycles. The molecule has 2 aliphatic rings. The van der Waals surface area contributed by atoms with Gasteiger partial charge < -0.3 is 20.4 Å². The molecule has 1 atom stereocenters. The van der Waals surface area contributed by atoms with Crippen molar-refractivity contribution in [2.45, 2.75) is 31.7 Å². The highest BCUT2D eigenvalue weighted by atomic mass is 16.2. The van der Waals surface area contributed by atoms with Crippen LogP contribution in [0.3, 0.4) is 0 Å². The van der Waals surface area contributed by atoms with Crippen molar-refractivity contribution >= 4 is 28.9 Å². The molecule has 0 aliphatic carbocycles. The molecule has 3 heterocycles. The van der Waals surface area contributed by atoms with Gasteiger partial charge in [0.1, 0.15) is 6.04 Å². The second-order valence-corrected chi connectivity index (χ2v) is 8.11. The number of aromatic nitrogens is 1. The SMILES string of the molecule is CN1c2ccccc2NC(=O)C1CC(=O)NCCC1CCN(c2ccncc2)CC1. The van der Waals surface area contributed by atoms with E-state index in [1.165, 1.54) is 5.69 Å². The Bertz CT molecular complexity index is 880. The lowest BCUT2D eigenvalue weighted by atomic mass is 9.93. The highest BCUT2D eigenvalue weighted by molar-refractivity contribution is 6.05. The molecule has 0 spiro atoms. The molecule has 1 aromatic heterocycles. The summed E-state index contributed by atoms with van der Waals surface area (Å²) >= 11 is 0. The van der Waals surface area contributed by atoms with Crippen LogP contribution in [-0.2, 0) is 9.59 Å². The maximum absolute atomic E-state index is 12.5. The Balaban J connectivity index is 1.20. The molecule has 30 heavy (non-hydrogen) atoms. The summed E-state index contributed by atoms with van der Waals surface area (Å²) in [4.78, 5) is 33.3. The van der Waals surface area contributed by atoms with E-state index in [1.807, 2.05) is 48.6 Å². The number of benzene rings is 1. The van der Waals surface area contributed by atoms with Gasteiger partial charge in [-0.3, -0.25) is 14.6 Å². The Labute approximate surface area is 177 Å². The summed E-state index contributed by atoms with van der Waals surface area (Å²) in [5, 5.41) is 5.92. The van der Waals surface area contributed by atoms with E-state index in [0.717, 1.165) is 43.7 Å². The smallest absolute Gasteiger partial charge is 0.247 e. The standard InChI is InChI=1S/C23H29N5O2/c1-27-20-5-3-2-4-19(20)26-23(30)21(27)16-22(29)25-13-6-17-9-14-28(15-10-17)18-7-11-24-12-8-18/h2-5,7-8,11-12,17,21H,6,9-10,13-16H2,1H3,(H,25,29)(H,26,30). The van der Waals surface area contributed by atoms with E-state index in [0.29, 0.717) is 12.5 Å². The zero-order valence-electron chi connectivity index (χ0n) is 17.4. The Kier molecular flexibility index (Phi) is 6.16. The summed E-state index contributed by atoms with van der Waals surface area (Å²) in [5.41, 5.74) is 2.96. The average molecular weight is 408 g/mol. The van der Waals surface area contributed by atoms with E-state index in [9.17, 15) is 9.59 Å². The van der Waals surface area contributed by atoms with Gasteiger partial charge in [0.25, 0.3) is 0 Å². The van der Waals surface area contributed by atoms with E-state index in [2.05, 4.69) is 32.7 Å². The Morgan fingerprint density at radius 3 is 2.67 bits per heavy atom. The van der Waals surface area contributed by atoms with Gasteiger partial charge in [-0.1, -0.05) is 12.1 Å². The Morgan fingerprint density at radius 2 is 1.90 bits per heavy atom. The zero-order chi connectivity index (χ0) is 20.9. The van der Waals surface area contributed by atoms with Crippen molar-refractivity contribution in [3.05, 3.63) is 48.8 Å². The van der Waals surface area contributed by atoms with E-state index in [-0.39, 0.29) is 18.2 Å². The van der Waals surface area contributed by atoms with Gasteiger partial charge >= 0.3 is 0 Å². The molecule has 0 saturated carbocycles. The average Bonchev–Trinajstić information content (AvgIpc) is 2.78. The van der Waals surface area contributed by atoms with Crippen molar-refractivity contribution in [3.8, 4) is 0 Å². The number of carbonyl (C=O) groups excluding carboxylic acids is 2. The monoisotopic (exact) mass is 407 g/mol. The van der Waals surface area contributed by atoms with Gasteiger partial charge in [0.05, 0.1) is 17.8 Å². The van der Waals surface area contributed by atoms with Crippen molar-refractivity contribution in [3.63, 3.8) is 0 Å². The maximum atomic E-state index is 12.5. The number of nitrogens with zero attached hydrogens (tertiary/aromatic N) is 3. The predicted octanol–water partition coefficient (Wildman–Crippen LogP) is 2.65. The first-order valence-corrected chi connectivity index (χ1v) is 10.7. The lowest BCUT2D eigenvalue weighted by Crippen LogP contribution is -2.48. The van der Waals surface area contributed by atoms with Gasteiger partial charge in [-0.05, 0) is 49.4 Å². The Morgan fingerprint density at radius 1 is 1.17 bits per heavy atom. The van der Waals surface area contributed by atoms with Crippen LogP contribution in [0.1, 0.15) is 25.7 Å². The van der Waals surface area contributed by atoms with Gasteiger partial charge in [-0.25, -0.2) is 0 Å². The molecule has 4 rings (SSSR count). The fourth-order valence-electron chi connectivity index (χ4n) is 4.37. The van der Waals surface area contributed by atoms with Crippen molar-refractivity contribution < 1.29 is 9.59 Å². The minimum Gasteiger partial charge on any atom is -0.371 e. The van der Waals surface area contributed by atoms with Crippen LogP contribution in [0.15, 0.2) is 48.8 Å². The van der Waals surface area contributed by atoms with E-state index in [4.69, 9.17) is 0 Å². The largest absolute Gasteiger partial charge is 0.371 e. The maximum Gasteiger partial charge on any atom is 0.247 e. The van der Waals surface area contributed by atoms with Crippen molar-refractivity contribution in [2.75, 3.05) is 41.8 Å². The van der Waals surface area contributed by atoms with Crippen molar-refractivity contribution in [1.29, 1.82) is 0 Å². The number of para-hydroxylation sites is 2. The molecule has 1 saturated heterocycles. The van der Waals surface area contributed by atoms with Crippen LogP contribution in [0, 0.1) is 5.92 Å². The first kappa shape index (κ1) is 20.2. The molecule has 2 N–H and O–H groups in total. The molecule has 1 aromatic carbocycles. The number of piperidine rings is 1. The minimum atomic E-state index is -0.483. The molecule has 2 aromatic rings. The third-order valence-electron chi connectivity index (χ3n) is 6.21. The number of anilines is 3. The number of hydrogen-bond donors (Lipinski definition) is 2. The van der Waals surface area contributed by atoms with E-state index >= 15 is 0 Å². The highest BCUT2D eigenvalue weighted by Gasteiger charge is 2.32. The number of amides is 2. The molecule has 1 fully saturated rings. The van der Waals surface area contributed by atoms with Gasteiger partial charge in [-0.2, -0.15) is 0 Å². The molecule has 2 amide bonds. The molecule has 1 unspecified atom stereocenters. The molecule has 0 radical (unpaired) electrons. The highest BCUT2D eigenvalue weighted by Crippen LogP contribution is 2.31. The summed E-state index contributed by atoms with van der Waals surface area (Å²) in [6, 6.07) is 11.3. The fourth-order valence-corrected chi connectivity index (χ4v) is 4.37. The van der Waals surface area contributed by atoms with Crippen LogP contribution < -0.4 is 20.4 Å². The van der Waals surface area contributed by atoms with Gasteiger partial charge in [0.2, 0.25) is 11.8 Å². The topological polar surface area (TPSA) is 77.6 Å². The number of nitrogens with one attached hydrogen (secondary N) is 2. The first-order chi connectivity index (χ1) is 14.6. The fraction of sp³-hybridized carbons (Fsp3) is 0.435. The number of hydrogen-bond acceptors (Lipinski definition) is 5. The van der Waals surface area contributed by atoms with E-state index in [1.54, 1.807) is 0 Å². The molecule has 7 heteroatoms. The number of rotatable bonds is 6. The van der Waals surface area contributed by atoms with Gasteiger partial charge in [-0.15, -0.1) is 0 Å². The Hall–Kier alpha value is -3.09. The summed E-state index contributed by atoms with van der Waals surface area (Å²) in [6.45, 7) is 2.73. The first-order valence-electron chi connectivity index (χ1n) is 10.7. The molecule has 158 valence electrons. The van der Waals surface area contributed by atoms with Crippen LogP contribution in [0.4, 0.5) is 17.1 Å². The summed E-state index contributed by atoms with van der Waals surface area (Å²) in [6.07, 6.45) is 7.06. The van der Waals surface area contributed by atoms with Crippen LogP contribution in [0.25, 0.3) is 0 Å². The molecular formula is C23H29N5O2. The molecule has 7 nitrogen and oxygen atoms in total. The van der Waals surface area contributed by atoms with Crippen LogP contribution in [-0.4, -0.2) is 49.5 Å². The summed E-state index contributed by atoms with van der Waals surface area (Å²) in [5.74, 6) is 0.418. The number of pyridine rings is 1. The van der Waals surface area contributed by atoms with Crippen LogP contribution in [0.5, 0.6) is 0 Å². The lowest BCUT2D eigenvalue weighted by Gasteiger charge is -2.35. The van der Waals surface area contributed by atoms with Crippen molar-refractivity contribution in [2.24, 2.45) is 5.92 Å². The third kappa shape index (κ3) is 4.56. The lowest BCUT2D eigenvalue weighted by molar-refractivity contribution is -0.125. The summed E-state index contributed by atoms with van der Waals surface area (Å²) < 4.78 is 0. The normalized spacial score (nSPS) is 19.2. The van der Waals surface area contributed by atoms with Crippen molar-refractivity contribution in [1.82, 2.24) is 10.3 Å². The zero-order valence-corrected chi connectivity index (χ0v) is 17.4. The number of fused-ring (bicyclic) bond motifs is 1. The number of likely N-dealkylation sites (N-methyl/N-ethyl adjacent to an activating group) is 1. The predicted molar refractivity (Wildman–Crippen MR) is 119 cm³/mol. The van der Waals surface area contributed by atoms with Crippen LogP contribution >= 0.6 is 0 Å². The minimum absolute atomic E-state index is 0.0735. The van der Waals surface area contributed by atoms with Gasteiger partial charge in [0, 0.05) is 44.8 Å². The van der Waals surface area contributed by atoms with E-state index < -0.39 is 6.04 Å².